The van der Waals surface area contributed by atoms with Crippen LogP contribution in [0.15, 0.2) is 85.2 Å². The molecule has 0 radical (unpaired) electrons. The van der Waals surface area contributed by atoms with Crippen LogP contribution in [0, 0.1) is 21.4 Å². The van der Waals surface area contributed by atoms with Crippen molar-refractivity contribution >= 4 is 28.0 Å². The van der Waals surface area contributed by atoms with Crippen LogP contribution in [0.2, 0.25) is 0 Å². The number of aromatic nitrogens is 1. The summed E-state index contributed by atoms with van der Waals surface area (Å²) in [6.45, 7) is 8.76. The summed E-state index contributed by atoms with van der Waals surface area (Å²) in [7, 11) is 0. The summed E-state index contributed by atoms with van der Waals surface area (Å²) >= 11 is 0. The number of hydrogen-bond acceptors (Lipinski definition) is 4. The third-order valence-corrected chi connectivity index (χ3v) is 8.02. The number of ketones is 2. The van der Waals surface area contributed by atoms with E-state index in [9.17, 15) is 19.7 Å². The molecule has 0 bridgehead atoms. The van der Waals surface area contributed by atoms with Crippen LogP contribution in [0.25, 0.3) is 10.8 Å². The number of carbonyl (C=O) groups is 2. The van der Waals surface area contributed by atoms with Crippen molar-refractivity contribution in [2.45, 2.75) is 58.9 Å². The van der Waals surface area contributed by atoms with Crippen LogP contribution in [0.1, 0.15) is 74.6 Å². The summed E-state index contributed by atoms with van der Waals surface area (Å²) < 4.78 is 2.05. The minimum Gasteiger partial charge on any atom is -0.299 e. The van der Waals surface area contributed by atoms with E-state index in [1.54, 1.807) is 12.1 Å². The predicted octanol–water partition coefficient (Wildman–Crippen LogP) is 6.91. The van der Waals surface area contributed by atoms with E-state index in [0.29, 0.717) is 25.3 Å². The molecular weight excluding hydrogens is 500 g/mol. The first-order valence-electron chi connectivity index (χ1n) is 13.8. The molecule has 40 heavy (non-hydrogen) atoms. The Morgan fingerprint density at radius 2 is 1.48 bits per heavy atom. The van der Waals surface area contributed by atoms with Crippen LogP contribution in [0.3, 0.4) is 0 Å². The zero-order valence-corrected chi connectivity index (χ0v) is 23.5. The minimum absolute atomic E-state index is 0.00552. The van der Waals surface area contributed by atoms with Gasteiger partial charge in [0.05, 0.1) is 10.8 Å². The highest BCUT2D eigenvalue weighted by Gasteiger charge is 2.45. The number of nitro groups is 1. The van der Waals surface area contributed by atoms with Crippen molar-refractivity contribution in [1.82, 2.24) is 0 Å². The molecule has 1 aliphatic rings. The molecule has 0 saturated heterocycles. The summed E-state index contributed by atoms with van der Waals surface area (Å²) in [6, 6.07) is 23.0. The number of Topliss-reactive ketones (excluding diaryl/α,β-unsaturated/α-hetero) is 2. The van der Waals surface area contributed by atoms with E-state index >= 15 is 0 Å². The average Bonchev–Trinajstić information content (AvgIpc) is 2.90. The SMILES string of the molecule is CC(C)c1ccc(C(c2c[n+](Cc3ccc([N+](=O)[O-])cc3)cc3ccccc23)C2C(=O)CC(C)(C)CC2=O)cc1. The molecule has 4 aromatic rings. The van der Waals surface area contributed by atoms with Gasteiger partial charge in [0.2, 0.25) is 0 Å². The lowest BCUT2D eigenvalue weighted by Gasteiger charge is -2.36. The molecular formula is C34H35N2O4+. The fraction of sp³-hybridized carbons (Fsp3) is 0.324. The second-order valence-corrected chi connectivity index (χ2v) is 12.1. The lowest BCUT2D eigenvalue weighted by atomic mass is 9.65. The molecule has 1 heterocycles. The number of fused-ring (bicyclic) bond motifs is 1. The van der Waals surface area contributed by atoms with E-state index in [4.69, 9.17) is 0 Å². The van der Waals surface area contributed by atoms with Crippen LogP contribution in [-0.2, 0) is 16.1 Å². The summed E-state index contributed by atoms with van der Waals surface area (Å²) in [4.78, 5) is 38.1. The molecule has 1 fully saturated rings. The highest BCUT2D eigenvalue weighted by molar-refractivity contribution is 6.07. The molecule has 0 amide bonds. The molecule has 1 atom stereocenters. The van der Waals surface area contributed by atoms with Gasteiger partial charge in [0.25, 0.3) is 5.69 Å². The molecule has 3 aromatic carbocycles. The lowest BCUT2D eigenvalue weighted by molar-refractivity contribution is -0.687. The molecule has 5 rings (SSSR count). The Kier molecular flexibility index (Phi) is 7.37. The highest BCUT2D eigenvalue weighted by atomic mass is 16.6. The Balaban J connectivity index is 1.66. The van der Waals surface area contributed by atoms with Crippen molar-refractivity contribution in [3.05, 3.63) is 118 Å². The van der Waals surface area contributed by atoms with Crippen LogP contribution in [0.5, 0.6) is 0 Å². The van der Waals surface area contributed by atoms with Crippen molar-refractivity contribution in [3.63, 3.8) is 0 Å². The van der Waals surface area contributed by atoms with Gasteiger partial charge in [-0.1, -0.05) is 70.2 Å². The van der Waals surface area contributed by atoms with E-state index in [-0.39, 0.29) is 22.7 Å². The number of benzene rings is 3. The van der Waals surface area contributed by atoms with Gasteiger partial charge in [-0.25, -0.2) is 0 Å². The van der Waals surface area contributed by atoms with Gasteiger partial charge in [-0.15, -0.1) is 0 Å². The molecule has 1 saturated carbocycles. The van der Waals surface area contributed by atoms with Crippen molar-refractivity contribution in [1.29, 1.82) is 0 Å². The number of nitrogens with zero attached hydrogens (tertiary/aromatic N) is 2. The van der Waals surface area contributed by atoms with Gasteiger partial charge in [-0.3, -0.25) is 19.7 Å². The van der Waals surface area contributed by atoms with E-state index in [1.807, 2.05) is 44.4 Å². The summed E-state index contributed by atoms with van der Waals surface area (Å²) in [5.41, 5.74) is 3.72. The molecule has 6 heteroatoms. The van der Waals surface area contributed by atoms with Crippen LogP contribution in [-0.4, -0.2) is 16.5 Å². The third-order valence-electron chi connectivity index (χ3n) is 8.02. The Morgan fingerprint density at radius 1 is 0.875 bits per heavy atom. The molecule has 1 unspecified atom stereocenters. The number of carbonyl (C=O) groups excluding carboxylic acids is 2. The Labute approximate surface area is 234 Å². The number of pyridine rings is 1. The summed E-state index contributed by atoms with van der Waals surface area (Å²) in [5.74, 6) is -0.821. The molecule has 6 nitrogen and oxygen atoms in total. The fourth-order valence-electron chi connectivity index (χ4n) is 6.03. The first kappa shape index (κ1) is 27.4. The van der Waals surface area contributed by atoms with Crippen LogP contribution in [0.4, 0.5) is 5.69 Å². The summed E-state index contributed by atoms with van der Waals surface area (Å²) in [5, 5.41) is 13.1. The quantitative estimate of drug-likeness (QED) is 0.111. The largest absolute Gasteiger partial charge is 0.299 e. The maximum Gasteiger partial charge on any atom is 0.269 e. The maximum absolute atomic E-state index is 13.7. The fourth-order valence-corrected chi connectivity index (χ4v) is 6.03. The van der Waals surface area contributed by atoms with E-state index in [2.05, 4.69) is 48.7 Å². The Bertz CT molecular complexity index is 1570. The Morgan fingerprint density at radius 3 is 2.08 bits per heavy atom. The maximum atomic E-state index is 13.7. The minimum atomic E-state index is -0.753. The molecule has 1 aliphatic carbocycles. The van der Waals surface area contributed by atoms with Gasteiger partial charge in [0.15, 0.2) is 18.9 Å². The van der Waals surface area contributed by atoms with Crippen molar-refractivity contribution < 1.29 is 19.1 Å². The van der Waals surface area contributed by atoms with E-state index < -0.39 is 16.8 Å². The van der Waals surface area contributed by atoms with Crippen molar-refractivity contribution in [2.75, 3.05) is 0 Å². The number of non-ortho nitro benzene ring substituents is 1. The highest BCUT2D eigenvalue weighted by Crippen LogP contribution is 2.44. The molecule has 204 valence electrons. The van der Waals surface area contributed by atoms with Crippen molar-refractivity contribution in [3.8, 4) is 0 Å². The topological polar surface area (TPSA) is 81.2 Å². The van der Waals surface area contributed by atoms with Gasteiger partial charge in [-0.05, 0) is 46.0 Å². The average molecular weight is 536 g/mol. The smallest absolute Gasteiger partial charge is 0.269 e. The predicted molar refractivity (Wildman–Crippen MR) is 155 cm³/mol. The standard InChI is InChI=1S/C34H35N2O4/c1-22(2)24-11-13-25(14-12-24)32(33-30(37)17-34(3,4)18-31(33)38)29-21-35(20-26-7-5-6-8-28(26)29)19-23-9-15-27(16-10-23)36(39)40/h5-16,20-22,32-33H,17-19H2,1-4H3/q+1. The monoisotopic (exact) mass is 535 g/mol. The Hall–Kier alpha value is -4.19. The third kappa shape index (κ3) is 5.57. The van der Waals surface area contributed by atoms with Crippen LogP contribution >= 0.6 is 0 Å². The second kappa shape index (κ2) is 10.8. The van der Waals surface area contributed by atoms with Gasteiger partial charge in [0, 0.05) is 47.4 Å². The molecule has 1 aromatic heterocycles. The normalized spacial score (nSPS) is 16.4. The molecule has 0 spiro atoms. The second-order valence-electron chi connectivity index (χ2n) is 12.1. The van der Waals surface area contributed by atoms with Crippen LogP contribution < -0.4 is 4.57 Å². The molecule has 0 N–H and O–H groups in total. The molecule has 0 aliphatic heterocycles. The summed E-state index contributed by atoms with van der Waals surface area (Å²) in [6.07, 6.45) is 4.84. The number of rotatable bonds is 7. The van der Waals surface area contributed by atoms with E-state index in [0.717, 1.165) is 27.5 Å². The zero-order valence-electron chi connectivity index (χ0n) is 23.5. The number of hydrogen-bond donors (Lipinski definition) is 0. The van der Waals surface area contributed by atoms with Gasteiger partial charge < -0.3 is 0 Å². The van der Waals surface area contributed by atoms with E-state index in [1.165, 1.54) is 17.7 Å². The number of nitro benzene ring substituents is 1. The van der Waals surface area contributed by atoms with Crippen molar-refractivity contribution in [2.24, 2.45) is 11.3 Å². The van der Waals surface area contributed by atoms with Gasteiger partial charge >= 0.3 is 0 Å². The zero-order chi connectivity index (χ0) is 28.6. The first-order chi connectivity index (χ1) is 19.0. The van der Waals surface area contributed by atoms with Gasteiger partial charge in [0.1, 0.15) is 11.6 Å². The first-order valence-corrected chi connectivity index (χ1v) is 13.8. The lowest BCUT2D eigenvalue weighted by Crippen LogP contribution is -2.42. The van der Waals surface area contributed by atoms with Gasteiger partial charge in [-0.2, -0.15) is 4.57 Å².